The van der Waals surface area contributed by atoms with Crippen molar-refractivity contribution in [3.63, 3.8) is 0 Å². The maximum Gasteiger partial charge on any atom is 0.130 e. The van der Waals surface area contributed by atoms with Gasteiger partial charge in [0, 0.05) is 31.6 Å². The summed E-state index contributed by atoms with van der Waals surface area (Å²) in [5.41, 5.74) is 0.950. The molecule has 0 bridgehead atoms. The van der Waals surface area contributed by atoms with Crippen molar-refractivity contribution >= 4 is 0 Å². The van der Waals surface area contributed by atoms with Gasteiger partial charge in [-0.15, -0.1) is 0 Å². The lowest BCUT2D eigenvalue weighted by Gasteiger charge is -2.20. The molecule has 1 rings (SSSR count). The first-order chi connectivity index (χ1) is 9.15. The average molecular weight is 264 g/mol. The fourth-order valence-corrected chi connectivity index (χ4v) is 1.82. The van der Waals surface area contributed by atoms with Gasteiger partial charge in [0.15, 0.2) is 0 Å². The molecule has 5 heteroatoms. The molecule has 19 heavy (non-hydrogen) atoms. The van der Waals surface area contributed by atoms with E-state index in [0.29, 0.717) is 25.3 Å². The second-order valence-corrected chi connectivity index (χ2v) is 4.16. The number of rotatable bonds is 7. The number of methoxy groups -OCH3 is 3. The fourth-order valence-electron chi connectivity index (χ4n) is 1.82. The normalized spacial score (nSPS) is 10.1. The van der Waals surface area contributed by atoms with Crippen LogP contribution in [-0.4, -0.2) is 39.8 Å². The summed E-state index contributed by atoms with van der Waals surface area (Å²) in [7, 11) is 6.80. The second kappa shape index (κ2) is 7.49. The monoisotopic (exact) mass is 264 g/mol. The number of nitrogens with zero attached hydrogens (tertiary/aromatic N) is 2. The number of benzene rings is 1. The van der Waals surface area contributed by atoms with Crippen LogP contribution in [0.15, 0.2) is 12.1 Å². The molecule has 0 radical (unpaired) electrons. The summed E-state index contributed by atoms with van der Waals surface area (Å²) in [5, 5.41) is 8.61. The summed E-state index contributed by atoms with van der Waals surface area (Å²) in [4.78, 5) is 2.05. The summed E-state index contributed by atoms with van der Waals surface area (Å²) in [6.45, 7) is 1.35. The van der Waals surface area contributed by atoms with E-state index >= 15 is 0 Å². The lowest BCUT2D eigenvalue weighted by atomic mass is 10.1. The van der Waals surface area contributed by atoms with E-state index in [1.165, 1.54) is 0 Å². The highest BCUT2D eigenvalue weighted by molar-refractivity contribution is 5.50. The Kier molecular flexibility index (Phi) is 5.97. The van der Waals surface area contributed by atoms with Crippen LogP contribution in [-0.2, 0) is 6.54 Å². The SMILES string of the molecule is COc1cc(OC)c(CN(C)CCC#N)c(OC)c1. The Balaban J connectivity index is 3.00. The number of ether oxygens (including phenoxy) is 3. The number of nitriles is 1. The first-order valence-electron chi connectivity index (χ1n) is 6.00. The van der Waals surface area contributed by atoms with Gasteiger partial charge in [-0.3, -0.25) is 0 Å². The third-order valence-electron chi connectivity index (χ3n) is 2.85. The first kappa shape index (κ1) is 15.1. The van der Waals surface area contributed by atoms with Gasteiger partial charge in [0.05, 0.1) is 33.0 Å². The minimum atomic E-state index is 0.497. The van der Waals surface area contributed by atoms with Gasteiger partial charge in [0.25, 0.3) is 0 Å². The zero-order valence-electron chi connectivity index (χ0n) is 11.9. The van der Waals surface area contributed by atoms with E-state index < -0.39 is 0 Å². The molecule has 0 atom stereocenters. The van der Waals surface area contributed by atoms with Crippen molar-refractivity contribution in [3.8, 4) is 23.3 Å². The lowest BCUT2D eigenvalue weighted by Crippen LogP contribution is -2.19. The maximum absolute atomic E-state index is 8.61. The molecular formula is C14H20N2O3. The van der Waals surface area contributed by atoms with Gasteiger partial charge in [-0.05, 0) is 7.05 Å². The van der Waals surface area contributed by atoms with E-state index in [-0.39, 0.29) is 0 Å². The summed E-state index contributed by atoms with van der Waals surface area (Å²) in [6.07, 6.45) is 0.497. The fraction of sp³-hybridized carbons (Fsp3) is 0.500. The van der Waals surface area contributed by atoms with E-state index in [1.807, 2.05) is 19.2 Å². The number of hydrogen-bond donors (Lipinski definition) is 0. The molecular weight excluding hydrogens is 244 g/mol. The molecule has 0 unspecified atom stereocenters. The average Bonchev–Trinajstić information content (AvgIpc) is 2.44. The van der Waals surface area contributed by atoms with Crippen LogP contribution >= 0.6 is 0 Å². The van der Waals surface area contributed by atoms with Gasteiger partial charge >= 0.3 is 0 Å². The highest BCUT2D eigenvalue weighted by Gasteiger charge is 2.14. The summed E-state index contributed by atoms with van der Waals surface area (Å²) >= 11 is 0. The van der Waals surface area contributed by atoms with Crippen LogP contribution in [0.2, 0.25) is 0 Å². The van der Waals surface area contributed by atoms with Gasteiger partial charge in [-0.1, -0.05) is 0 Å². The first-order valence-corrected chi connectivity index (χ1v) is 6.00. The van der Waals surface area contributed by atoms with Crippen molar-refractivity contribution in [2.24, 2.45) is 0 Å². The molecule has 0 aromatic heterocycles. The molecule has 5 nitrogen and oxygen atoms in total. The van der Waals surface area contributed by atoms with E-state index in [4.69, 9.17) is 19.5 Å². The highest BCUT2D eigenvalue weighted by atomic mass is 16.5. The molecule has 0 N–H and O–H groups in total. The van der Waals surface area contributed by atoms with E-state index in [9.17, 15) is 0 Å². The summed E-state index contributed by atoms with van der Waals surface area (Å²) in [6, 6.07) is 5.79. The van der Waals surface area contributed by atoms with E-state index in [0.717, 1.165) is 17.1 Å². The third kappa shape index (κ3) is 4.04. The molecule has 0 saturated heterocycles. The third-order valence-corrected chi connectivity index (χ3v) is 2.85. The van der Waals surface area contributed by atoms with Crippen molar-refractivity contribution in [3.05, 3.63) is 17.7 Å². The molecule has 0 aliphatic carbocycles. The molecule has 0 aliphatic rings. The Bertz CT molecular complexity index is 429. The van der Waals surface area contributed by atoms with Crippen LogP contribution in [0.25, 0.3) is 0 Å². The van der Waals surface area contributed by atoms with Crippen LogP contribution in [0.1, 0.15) is 12.0 Å². The van der Waals surface area contributed by atoms with E-state index in [1.54, 1.807) is 21.3 Å². The van der Waals surface area contributed by atoms with Gasteiger partial charge in [0.2, 0.25) is 0 Å². The van der Waals surface area contributed by atoms with E-state index in [2.05, 4.69) is 11.0 Å². The smallest absolute Gasteiger partial charge is 0.130 e. The molecule has 0 heterocycles. The second-order valence-electron chi connectivity index (χ2n) is 4.16. The molecule has 0 spiro atoms. The molecule has 0 saturated carbocycles. The van der Waals surface area contributed by atoms with Crippen molar-refractivity contribution in [1.29, 1.82) is 5.26 Å². The maximum atomic E-state index is 8.61. The van der Waals surface area contributed by atoms with Gasteiger partial charge in [-0.25, -0.2) is 0 Å². The largest absolute Gasteiger partial charge is 0.496 e. The quantitative estimate of drug-likeness (QED) is 0.754. The van der Waals surface area contributed by atoms with Crippen molar-refractivity contribution in [1.82, 2.24) is 4.90 Å². The Morgan fingerprint density at radius 1 is 1.11 bits per heavy atom. The van der Waals surface area contributed by atoms with Gasteiger partial charge in [-0.2, -0.15) is 5.26 Å². The highest BCUT2D eigenvalue weighted by Crippen LogP contribution is 2.34. The van der Waals surface area contributed by atoms with Crippen LogP contribution < -0.4 is 14.2 Å². The molecule has 1 aromatic carbocycles. The Labute approximate surface area is 114 Å². The minimum Gasteiger partial charge on any atom is -0.496 e. The van der Waals surface area contributed by atoms with Crippen molar-refractivity contribution in [2.45, 2.75) is 13.0 Å². The molecule has 0 aliphatic heterocycles. The molecule has 0 amide bonds. The Morgan fingerprint density at radius 2 is 1.68 bits per heavy atom. The van der Waals surface area contributed by atoms with Gasteiger partial charge in [0.1, 0.15) is 17.2 Å². The predicted molar refractivity (Wildman–Crippen MR) is 72.7 cm³/mol. The summed E-state index contributed by atoms with van der Waals surface area (Å²) < 4.78 is 16.0. The molecule has 0 fully saturated rings. The topological polar surface area (TPSA) is 54.7 Å². The number of hydrogen-bond acceptors (Lipinski definition) is 5. The Morgan fingerprint density at radius 3 is 2.11 bits per heavy atom. The van der Waals surface area contributed by atoms with Crippen LogP contribution in [0.3, 0.4) is 0 Å². The minimum absolute atomic E-state index is 0.497. The zero-order valence-corrected chi connectivity index (χ0v) is 11.9. The van der Waals surface area contributed by atoms with Crippen molar-refractivity contribution < 1.29 is 14.2 Å². The Hall–Kier alpha value is -1.93. The standard InChI is InChI=1S/C14H20N2O3/c1-16(7-5-6-15)10-12-13(18-3)8-11(17-2)9-14(12)19-4/h8-9H,5,7,10H2,1-4H3. The van der Waals surface area contributed by atoms with Crippen LogP contribution in [0.5, 0.6) is 17.2 Å². The van der Waals surface area contributed by atoms with Crippen LogP contribution in [0, 0.1) is 11.3 Å². The summed E-state index contributed by atoms with van der Waals surface area (Å²) in [5.74, 6) is 2.14. The predicted octanol–water partition coefficient (Wildman–Crippen LogP) is 2.06. The van der Waals surface area contributed by atoms with Gasteiger partial charge < -0.3 is 19.1 Å². The zero-order chi connectivity index (χ0) is 14.3. The molecule has 104 valence electrons. The lowest BCUT2D eigenvalue weighted by molar-refractivity contribution is 0.310. The van der Waals surface area contributed by atoms with Crippen LogP contribution in [0.4, 0.5) is 0 Å². The molecule has 1 aromatic rings. The van der Waals surface area contributed by atoms with Crippen molar-refractivity contribution in [2.75, 3.05) is 34.9 Å².